The Balaban J connectivity index is 2.26. The Kier molecular flexibility index (Phi) is 3.53. The highest BCUT2D eigenvalue weighted by Crippen LogP contribution is 2.17. The Morgan fingerprint density at radius 1 is 1.25 bits per heavy atom. The summed E-state index contributed by atoms with van der Waals surface area (Å²) >= 11 is 0. The second-order valence-electron chi connectivity index (χ2n) is 4.30. The monoisotopic (exact) mass is 171 g/mol. The maximum Gasteiger partial charge on any atom is 0.0717 e. The van der Waals surface area contributed by atoms with E-state index in [4.69, 9.17) is 4.74 Å². The molecule has 0 radical (unpaired) electrons. The van der Waals surface area contributed by atoms with Crippen LogP contribution in [-0.4, -0.2) is 24.8 Å². The van der Waals surface area contributed by atoms with E-state index in [0.29, 0.717) is 18.2 Å². The van der Waals surface area contributed by atoms with Gasteiger partial charge in [0.05, 0.1) is 12.2 Å². The van der Waals surface area contributed by atoms with Gasteiger partial charge < -0.3 is 10.1 Å². The molecule has 0 aliphatic carbocycles. The molecule has 12 heavy (non-hydrogen) atoms. The Morgan fingerprint density at radius 2 is 1.92 bits per heavy atom. The maximum absolute atomic E-state index is 5.73. The molecule has 2 nitrogen and oxygen atoms in total. The van der Waals surface area contributed by atoms with Gasteiger partial charge in [-0.1, -0.05) is 13.8 Å². The minimum absolute atomic E-state index is 0.364. The summed E-state index contributed by atoms with van der Waals surface area (Å²) < 4.78 is 5.73. The summed E-state index contributed by atoms with van der Waals surface area (Å²) in [7, 11) is 0. The van der Waals surface area contributed by atoms with Crippen molar-refractivity contribution in [1.29, 1.82) is 0 Å². The van der Waals surface area contributed by atoms with Gasteiger partial charge in [0.15, 0.2) is 0 Å². The first kappa shape index (κ1) is 10.0. The lowest BCUT2D eigenvalue weighted by Crippen LogP contribution is -2.26. The third-order valence-electron chi connectivity index (χ3n) is 2.39. The average Bonchev–Trinajstić information content (AvgIpc) is 2.34. The van der Waals surface area contributed by atoms with Gasteiger partial charge in [-0.05, 0) is 26.2 Å². The number of rotatable bonds is 3. The number of ether oxygens (including phenoxy) is 1. The van der Waals surface area contributed by atoms with Crippen molar-refractivity contribution in [1.82, 2.24) is 5.32 Å². The molecule has 1 aliphatic rings. The fourth-order valence-electron chi connectivity index (χ4n) is 1.73. The van der Waals surface area contributed by atoms with Crippen molar-refractivity contribution in [3.63, 3.8) is 0 Å². The second kappa shape index (κ2) is 4.24. The van der Waals surface area contributed by atoms with Gasteiger partial charge in [-0.25, -0.2) is 0 Å². The molecule has 1 heterocycles. The van der Waals surface area contributed by atoms with E-state index in [1.165, 1.54) is 6.42 Å². The zero-order valence-electron chi connectivity index (χ0n) is 8.63. The van der Waals surface area contributed by atoms with Gasteiger partial charge in [0.25, 0.3) is 0 Å². The molecule has 0 aromatic rings. The van der Waals surface area contributed by atoms with Gasteiger partial charge in [0.2, 0.25) is 0 Å². The summed E-state index contributed by atoms with van der Waals surface area (Å²) in [5, 5.41) is 3.49. The molecule has 1 saturated heterocycles. The van der Waals surface area contributed by atoms with Crippen molar-refractivity contribution >= 4 is 0 Å². The van der Waals surface area contributed by atoms with Gasteiger partial charge in [-0.15, -0.1) is 0 Å². The smallest absolute Gasteiger partial charge is 0.0717 e. The first-order valence-corrected chi connectivity index (χ1v) is 4.98. The molecule has 2 atom stereocenters. The lowest BCUT2D eigenvalue weighted by molar-refractivity contribution is 0.0180. The molecule has 0 saturated carbocycles. The van der Waals surface area contributed by atoms with E-state index in [1.807, 2.05) is 0 Å². The van der Waals surface area contributed by atoms with Gasteiger partial charge in [-0.2, -0.15) is 0 Å². The second-order valence-corrected chi connectivity index (χ2v) is 4.30. The zero-order chi connectivity index (χ0) is 9.14. The van der Waals surface area contributed by atoms with Gasteiger partial charge in [0, 0.05) is 12.6 Å². The Hall–Kier alpha value is -0.0800. The summed E-state index contributed by atoms with van der Waals surface area (Å²) in [5.74, 6) is 0.728. The molecule has 1 N–H and O–H groups in total. The van der Waals surface area contributed by atoms with Gasteiger partial charge >= 0.3 is 0 Å². The van der Waals surface area contributed by atoms with Crippen molar-refractivity contribution < 1.29 is 4.74 Å². The molecular formula is C10H21NO. The minimum Gasteiger partial charge on any atom is -0.374 e. The van der Waals surface area contributed by atoms with E-state index < -0.39 is 0 Å². The maximum atomic E-state index is 5.73. The molecule has 0 unspecified atom stereocenters. The van der Waals surface area contributed by atoms with Crippen LogP contribution in [0.1, 0.15) is 34.1 Å². The SMILES string of the molecule is CC(C)O[C@@H]1CN[C@@H](C(C)C)C1. The van der Waals surface area contributed by atoms with Crippen molar-refractivity contribution in [3.8, 4) is 0 Å². The zero-order valence-corrected chi connectivity index (χ0v) is 8.63. The molecule has 1 rings (SSSR count). The van der Waals surface area contributed by atoms with Crippen LogP contribution in [-0.2, 0) is 4.74 Å². The standard InChI is InChI=1S/C10H21NO/c1-7(2)10-5-9(6-11-10)12-8(3)4/h7-11H,5-6H2,1-4H3/t9-,10+/m0/s1. The molecule has 1 fully saturated rings. The number of hydrogen-bond acceptors (Lipinski definition) is 2. The highest BCUT2D eigenvalue weighted by atomic mass is 16.5. The normalized spacial score (nSPS) is 30.5. The number of hydrogen-bond donors (Lipinski definition) is 1. The summed E-state index contributed by atoms with van der Waals surface area (Å²) in [4.78, 5) is 0. The van der Waals surface area contributed by atoms with Crippen molar-refractivity contribution in [2.75, 3.05) is 6.54 Å². The lowest BCUT2D eigenvalue weighted by Gasteiger charge is -2.16. The molecule has 0 aromatic heterocycles. The number of nitrogens with one attached hydrogen (secondary N) is 1. The van der Waals surface area contributed by atoms with E-state index in [-0.39, 0.29) is 0 Å². The van der Waals surface area contributed by atoms with E-state index in [9.17, 15) is 0 Å². The van der Waals surface area contributed by atoms with Crippen LogP contribution in [0.4, 0.5) is 0 Å². The lowest BCUT2D eigenvalue weighted by atomic mass is 10.0. The van der Waals surface area contributed by atoms with Gasteiger partial charge in [-0.3, -0.25) is 0 Å². The topological polar surface area (TPSA) is 21.3 Å². The Labute approximate surface area is 75.7 Å². The molecule has 72 valence electrons. The third kappa shape index (κ3) is 2.76. The van der Waals surface area contributed by atoms with Crippen LogP contribution < -0.4 is 5.32 Å². The fraction of sp³-hybridized carbons (Fsp3) is 1.00. The predicted octanol–water partition coefficient (Wildman–Crippen LogP) is 1.80. The first-order chi connectivity index (χ1) is 5.59. The summed E-state index contributed by atoms with van der Waals surface area (Å²) in [6.07, 6.45) is 1.98. The highest BCUT2D eigenvalue weighted by Gasteiger charge is 2.26. The van der Waals surface area contributed by atoms with E-state index >= 15 is 0 Å². The molecule has 2 heteroatoms. The van der Waals surface area contributed by atoms with Crippen LogP contribution >= 0.6 is 0 Å². The van der Waals surface area contributed by atoms with E-state index in [2.05, 4.69) is 33.0 Å². The van der Waals surface area contributed by atoms with Crippen LogP contribution in [0.5, 0.6) is 0 Å². The Morgan fingerprint density at radius 3 is 2.33 bits per heavy atom. The molecule has 0 spiro atoms. The Bertz CT molecular complexity index is 134. The first-order valence-electron chi connectivity index (χ1n) is 4.98. The fourth-order valence-corrected chi connectivity index (χ4v) is 1.73. The average molecular weight is 171 g/mol. The summed E-state index contributed by atoms with van der Waals surface area (Å²) in [6.45, 7) is 9.75. The molecule has 0 amide bonds. The summed E-state index contributed by atoms with van der Waals surface area (Å²) in [5.41, 5.74) is 0. The predicted molar refractivity (Wildman–Crippen MR) is 51.3 cm³/mol. The van der Waals surface area contributed by atoms with Gasteiger partial charge in [0.1, 0.15) is 0 Å². The van der Waals surface area contributed by atoms with Crippen LogP contribution in [0, 0.1) is 5.92 Å². The largest absolute Gasteiger partial charge is 0.374 e. The minimum atomic E-state index is 0.364. The van der Waals surface area contributed by atoms with Crippen LogP contribution in [0.15, 0.2) is 0 Å². The van der Waals surface area contributed by atoms with E-state index in [0.717, 1.165) is 12.5 Å². The quantitative estimate of drug-likeness (QED) is 0.699. The molecule has 1 aliphatic heterocycles. The third-order valence-corrected chi connectivity index (χ3v) is 2.39. The molecular weight excluding hydrogens is 150 g/mol. The molecule has 0 aromatic carbocycles. The van der Waals surface area contributed by atoms with Crippen LogP contribution in [0.3, 0.4) is 0 Å². The van der Waals surface area contributed by atoms with Crippen molar-refractivity contribution in [2.45, 2.75) is 52.4 Å². The van der Waals surface area contributed by atoms with Crippen LogP contribution in [0.2, 0.25) is 0 Å². The van der Waals surface area contributed by atoms with E-state index in [1.54, 1.807) is 0 Å². The molecule has 0 bridgehead atoms. The van der Waals surface area contributed by atoms with Crippen LogP contribution in [0.25, 0.3) is 0 Å². The van der Waals surface area contributed by atoms with Crippen molar-refractivity contribution in [3.05, 3.63) is 0 Å². The summed E-state index contributed by atoms with van der Waals surface area (Å²) in [6, 6.07) is 0.661. The highest BCUT2D eigenvalue weighted by molar-refractivity contribution is 4.84. The van der Waals surface area contributed by atoms with Crippen molar-refractivity contribution in [2.24, 2.45) is 5.92 Å².